The van der Waals surface area contributed by atoms with Crippen molar-refractivity contribution in [2.24, 2.45) is 4.99 Å². The molecule has 0 aliphatic carbocycles. The molecule has 2 aromatic rings. The normalized spacial score (nSPS) is 23.4. The van der Waals surface area contributed by atoms with Crippen LogP contribution in [-0.2, 0) is 15.9 Å². The number of hydrogen-bond acceptors (Lipinski definition) is 5. The quantitative estimate of drug-likeness (QED) is 0.400. The molecule has 2 aliphatic heterocycles. The first-order valence-corrected chi connectivity index (χ1v) is 9.32. The summed E-state index contributed by atoms with van der Waals surface area (Å²) in [7, 11) is 1.82. The van der Waals surface area contributed by atoms with Crippen LogP contribution in [0.5, 0.6) is 0 Å². The second kappa shape index (κ2) is 9.65. The number of guanidine groups is 1. The van der Waals surface area contributed by atoms with Crippen molar-refractivity contribution < 1.29 is 9.47 Å². The largest absolute Gasteiger partial charge is 0.375 e. The van der Waals surface area contributed by atoms with Gasteiger partial charge in [-0.05, 0) is 25.0 Å². The Morgan fingerprint density at radius 1 is 1.26 bits per heavy atom. The van der Waals surface area contributed by atoms with Gasteiger partial charge in [0.2, 0.25) is 0 Å². The summed E-state index contributed by atoms with van der Waals surface area (Å²) in [6, 6.07) is 5.92. The predicted molar refractivity (Wildman–Crippen MR) is 114 cm³/mol. The molecule has 4 rings (SSSR count). The van der Waals surface area contributed by atoms with E-state index in [1.54, 1.807) is 0 Å². The van der Waals surface area contributed by atoms with Crippen LogP contribution in [0.2, 0.25) is 0 Å². The lowest BCUT2D eigenvalue weighted by molar-refractivity contribution is -0.0816. The summed E-state index contributed by atoms with van der Waals surface area (Å²) >= 11 is 0. The molecule has 0 bridgehead atoms. The van der Waals surface area contributed by atoms with Gasteiger partial charge in [0.15, 0.2) is 11.6 Å². The molecule has 0 radical (unpaired) electrons. The number of aliphatic imine (C=N–C) groups is 1. The number of rotatable bonds is 4. The van der Waals surface area contributed by atoms with Crippen molar-refractivity contribution >= 4 is 35.6 Å². The van der Waals surface area contributed by atoms with Crippen LogP contribution in [0, 0.1) is 0 Å². The Kier molecular flexibility index (Phi) is 7.25. The van der Waals surface area contributed by atoms with E-state index < -0.39 is 0 Å². The zero-order valence-electron chi connectivity index (χ0n) is 15.6. The molecule has 148 valence electrons. The van der Waals surface area contributed by atoms with Crippen LogP contribution >= 0.6 is 24.0 Å². The van der Waals surface area contributed by atoms with Crippen LogP contribution in [0.15, 0.2) is 29.4 Å². The van der Waals surface area contributed by atoms with Gasteiger partial charge in [-0.3, -0.25) is 9.39 Å². The number of morpholine rings is 1. The van der Waals surface area contributed by atoms with E-state index in [9.17, 15) is 0 Å². The molecular weight excluding hydrogens is 459 g/mol. The monoisotopic (exact) mass is 486 g/mol. The standard InChI is InChI=1S/C18H26N6O2.HI/c1-19-18(23-10-12-26-15(13-23)14-5-4-11-25-14)20-8-7-17-22-21-16-6-2-3-9-24(16)17;/h2-3,6,9,14-15H,4-5,7-8,10-13H2,1H3,(H,19,20);1H. The molecule has 2 atom stereocenters. The highest BCUT2D eigenvalue weighted by molar-refractivity contribution is 14.0. The fraction of sp³-hybridized carbons (Fsp3) is 0.611. The van der Waals surface area contributed by atoms with E-state index in [2.05, 4.69) is 25.4 Å². The van der Waals surface area contributed by atoms with Crippen LogP contribution < -0.4 is 5.32 Å². The Bertz CT molecular complexity index is 761. The number of nitrogens with zero attached hydrogens (tertiary/aromatic N) is 5. The molecule has 2 unspecified atom stereocenters. The maximum absolute atomic E-state index is 5.93. The predicted octanol–water partition coefficient (Wildman–Crippen LogP) is 1.34. The van der Waals surface area contributed by atoms with E-state index in [-0.39, 0.29) is 36.2 Å². The minimum Gasteiger partial charge on any atom is -0.375 e. The number of hydrogen-bond donors (Lipinski definition) is 1. The molecule has 2 aliphatic rings. The zero-order valence-corrected chi connectivity index (χ0v) is 17.9. The van der Waals surface area contributed by atoms with E-state index in [0.29, 0.717) is 6.61 Å². The van der Waals surface area contributed by atoms with Crippen molar-refractivity contribution in [2.75, 3.05) is 39.9 Å². The van der Waals surface area contributed by atoms with Gasteiger partial charge < -0.3 is 19.7 Å². The lowest BCUT2D eigenvalue weighted by atomic mass is 10.1. The molecule has 0 amide bonds. The number of pyridine rings is 1. The van der Waals surface area contributed by atoms with E-state index >= 15 is 0 Å². The fourth-order valence-electron chi connectivity index (χ4n) is 3.67. The highest BCUT2D eigenvalue weighted by Crippen LogP contribution is 2.21. The van der Waals surface area contributed by atoms with Gasteiger partial charge in [0.25, 0.3) is 0 Å². The number of aromatic nitrogens is 3. The van der Waals surface area contributed by atoms with Gasteiger partial charge in [0, 0.05) is 45.9 Å². The molecule has 2 fully saturated rings. The summed E-state index contributed by atoms with van der Waals surface area (Å²) in [6.07, 6.45) is 5.34. The highest BCUT2D eigenvalue weighted by atomic mass is 127. The number of fused-ring (bicyclic) bond motifs is 1. The molecule has 2 saturated heterocycles. The Labute approximate surface area is 176 Å². The Hall–Kier alpha value is -1.46. The number of halogens is 1. The fourth-order valence-corrected chi connectivity index (χ4v) is 3.67. The van der Waals surface area contributed by atoms with Gasteiger partial charge in [-0.2, -0.15) is 0 Å². The molecule has 0 aromatic carbocycles. The molecule has 2 aromatic heterocycles. The Balaban J connectivity index is 0.00000210. The van der Waals surface area contributed by atoms with Crippen molar-refractivity contribution in [3.05, 3.63) is 30.2 Å². The summed E-state index contributed by atoms with van der Waals surface area (Å²) < 4.78 is 13.7. The van der Waals surface area contributed by atoms with Crippen LogP contribution in [0.3, 0.4) is 0 Å². The summed E-state index contributed by atoms with van der Waals surface area (Å²) in [5, 5.41) is 11.9. The lowest BCUT2D eigenvalue weighted by Gasteiger charge is -2.37. The third kappa shape index (κ3) is 4.69. The third-order valence-electron chi connectivity index (χ3n) is 5.00. The van der Waals surface area contributed by atoms with E-state index in [1.807, 2.05) is 35.8 Å². The Morgan fingerprint density at radius 3 is 2.96 bits per heavy atom. The third-order valence-corrected chi connectivity index (χ3v) is 5.00. The van der Waals surface area contributed by atoms with E-state index in [0.717, 1.165) is 62.9 Å². The molecule has 9 heteroatoms. The first-order chi connectivity index (χ1) is 12.8. The Morgan fingerprint density at radius 2 is 2.15 bits per heavy atom. The van der Waals surface area contributed by atoms with Crippen molar-refractivity contribution in [2.45, 2.75) is 31.5 Å². The first kappa shape index (κ1) is 20.3. The van der Waals surface area contributed by atoms with Gasteiger partial charge in [-0.25, -0.2) is 0 Å². The van der Waals surface area contributed by atoms with Crippen LogP contribution in [0.4, 0.5) is 0 Å². The van der Waals surface area contributed by atoms with Crippen LogP contribution in [0.1, 0.15) is 18.7 Å². The summed E-state index contributed by atoms with van der Waals surface area (Å²) in [6.45, 7) is 3.98. The molecule has 8 nitrogen and oxygen atoms in total. The lowest BCUT2D eigenvalue weighted by Crippen LogP contribution is -2.53. The van der Waals surface area contributed by atoms with Crippen LogP contribution in [-0.4, -0.2) is 77.6 Å². The first-order valence-electron chi connectivity index (χ1n) is 9.32. The SMILES string of the molecule is CN=C(NCCc1nnc2ccccn12)N1CCOC(C2CCCO2)C1.I. The minimum absolute atomic E-state index is 0. The number of nitrogens with one attached hydrogen (secondary N) is 1. The molecule has 0 spiro atoms. The van der Waals surface area contributed by atoms with E-state index in [4.69, 9.17) is 9.47 Å². The molecular formula is C18H27IN6O2. The van der Waals surface area contributed by atoms with Gasteiger partial charge in [0.1, 0.15) is 11.9 Å². The average Bonchev–Trinajstić information content (AvgIpc) is 3.36. The van der Waals surface area contributed by atoms with Gasteiger partial charge in [0.05, 0.1) is 12.7 Å². The van der Waals surface area contributed by atoms with Crippen LogP contribution in [0.25, 0.3) is 5.65 Å². The molecule has 1 N–H and O–H groups in total. The second-order valence-electron chi connectivity index (χ2n) is 6.68. The number of ether oxygens (including phenoxy) is 2. The summed E-state index contributed by atoms with van der Waals surface area (Å²) in [5.74, 6) is 1.85. The second-order valence-corrected chi connectivity index (χ2v) is 6.68. The maximum atomic E-state index is 5.93. The van der Waals surface area contributed by atoms with Gasteiger partial charge in [-0.15, -0.1) is 34.2 Å². The summed E-state index contributed by atoms with van der Waals surface area (Å²) in [4.78, 5) is 6.71. The summed E-state index contributed by atoms with van der Waals surface area (Å²) in [5.41, 5.74) is 0.875. The van der Waals surface area contributed by atoms with Gasteiger partial charge >= 0.3 is 0 Å². The minimum atomic E-state index is 0. The zero-order chi connectivity index (χ0) is 17.8. The van der Waals surface area contributed by atoms with Crippen molar-refractivity contribution in [3.8, 4) is 0 Å². The topological polar surface area (TPSA) is 76.3 Å². The molecule has 0 saturated carbocycles. The highest BCUT2D eigenvalue weighted by Gasteiger charge is 2.32. The smallest absolute Gasteiger partial charge is 0.193 e. The van der Waals surface area contributed by atoms with E-state index in [1.165, 1.54) is 0 Å². The van der Waals surface area contributed by atoms with Crippen molar-refractivity contribution in [1.29, 1.82) is 0 Å². The van der Waals surface area contributed by atoms with Gasteiger partial charge in [-0.1, -0.05) is 6.07 Å². The maximum Gasteiger partial charge on any atom is 0.193 e. The van der Waals surface area contributed by atoms with Crippen molar-refractivity contribution in [3.63, 3.8) is 0 Å². The molecule has 4 heterocycles. The molecule has 27 heavy (non-hydrogen) atoms. The van der Waals surface area contributed by atoms with Crippen molar-refractivity contribution in [1.82, 2.24) is 24.8 Å². The average molecular weight is 486 g/mol.